The van der Waals surface area contributed by atoms with Crippen molar-refractivity contribution >= 4 is 11.3 Å². The maximum Gasteiger partial charge on any atom is 0.139 e. The largest absolute Gasteiger partial charge is 0.496 e. The predicted octanol–water partition coefficient (Wildman–Crippen LogP) is 3.23. The van der Waals surface area contributed by atoms with Crippen molar-refractivity contribution in [2.24, 2.45) is 0 Å². The Bertz CT molecular complexity index is 435. The Morgan fingerprint density at radius 2 is 2.00 bits per heavy atom. The number of hydrogen-bond acceptors (Lipinski definition) is 3. The van der Waals surface area contributed by atoms with Crippen LogP contribution < -0.4 is 9.47 Å². The molecule has 0 aliphatic carbocycles. The summed E-state index contributed by atoms with van der Waals surface area (Å²) in [6.07, 6.45) is 0. The summed E-state index contributed by atoms with van der Waals surface area (Å²) in [6, 6.07) is 11.0. The third kappa shape index (κ3) is 1.97. The van der Waals surface area contributed by atoms with Gasteiger partial charge < -0.3 is 9.47 Å². The van der Waals surface area contributed by atoms with Crippen LogP contribution in [0.25, 0.3) is 10.4 Å². The molecule has 1 heterocycles. The van der Waals surface area contributed by atoms with Gasteiger partial charge in [0.1, 0.15) is 11.5 Å². The molecule has 0 saturated heterocycles. The zero-order chi connectivity index (χ0) is 10.7. The Labute approximate surface area is 93.1 Å². The lowest BCUT2D eigenvalue weighted by molar-refractivity contribution is 0.394. The summed E-state index contributed by atoms with van der Waals surface area (Å²) in [5, 5.41) is 2.04. The first-order valence-electron chi connectivity index (χ1n) is 4.53. The fourth-order valence-electron chi connectivity index (χ4n) is 1.36. The molecule has 2 aromatic rings. The highest BCUT2D eigenvalue weighted by Crippen LogP contribution is 2.34. The number of hydrogen-bond donors (Lipinski definition) is 0. The first kappa shape index (κ1) is 10.1. The molecule has 0 amide bonds. The maximum absolute atomic E-state index is 5.28. The number of benzene rings is 1. The minimum atomic E-state index is 0.687. The second-order valence-corrected chi connectivity index (χ2v) is 3.90. The molecule has 0 unspecified atom stereocenters. The van der Waals surface area contributed by atoms with Gasteiger partial charge in [0.15, 0.2) is 0 Å². The molecule has 0 bridgehead atoms. The van der Waals surface area contributed by atoms with Crippen LogP contribution in [0.1, 0.15) is 0 Å². The van der Waals surface area contributed by atoms with E-state index in [1.807, 2.05) is 23.6 Å². The fraction of sp³-hybridized carbons (Fsp3) is 0.167. The smallest absolute Gasteiger partial charge is 0.139 e. The lowest BCUT2D eigenvalue weighted by Crippen LogP contribution is -1.89. The van der Waals surface area contributed by atoms with Gasteiger partial charge in [0, 0.05) is 10.4 Å². The highest BCUT2D eigenvalue weighted by molar-refractivity contribution is 7.13. The molecule has 0 atom stereocenters. The lowest BCUT2D eigenvalue weighted by atomic mass is 10.1. The number of methoxy groups -OCH3 is 2. The van der Waals surface area contributed by atoms with E-state index in [1.54, 1.807) is 25.6 Å². The first-order chi connectivity index (χ1) is 7.35. The lowest BCUT2D eigenvalue weighted by Gasteiger charge is -2.07. The molecule has 2 rings (SSSR count). The second-order valence-electron chi connectivity index (χ2n) is 2.95. The first-order valence-corrected chi connectivity index (χ1v) is 5.41. The van der Waals surface area contributed by atoms with Crippen LogP contribution in [0.5, 0.6) is 11.5 Å². The molecule has 0 N–H and O–H groups in total. The minimum Gasteiger partial charge on any atom is -0.496 e. The SMILES string of the molecule is COc1[c]c(OC)c(-c2cccs2)cc1. The van der Waals surface area contributed by atoms with E-state index < -0.39 is 0 Å². The van der Waals surface area contributed by atoms with Gasteiger partial charge in [-0.1, -0.05) is 6.07 Å². The quantitative estimate of drug-likeness (QED) is 0.789. The average Bonchev–Trinajstić information content (AvgIpc) is 2.81. The number of ether oxygens (including phenoxy) is 2. The molecule has 2 nitrogen and oxygen atoms in total. The van der Waals surface area contributed by atoms with Crippen molar-refractivity contribution in [2.45, 2.75) is 0 Å². The molecule has 0 aliphatic rings. The van der Waals surface area contributed by atoms with Crippen molar-refractivity contribution in [3.63, 3.8) is 0 Å². The van der Waals surface area contributed by atoms with Crippen LogP contribution in [0.15, 0.2) is 29.6 Å². The van der Waals surface area contributed by atoms with Crippen molar-refractivity contribution in [1.29, 1.82) is 0 Å². The predicted molar refractivity (Wildman–Crippen MR) is 61.7 cm³/mol. The average molecular weight is 219 g/mol. The maximum atomic E-state index is 5.28. The number of thiophene rings is 1. The van der Waals surface area contributed by atoms with Gasteiger partial charge in [0.2, 0.25) is 0 Å². The molecule has 77 valence electrons. The molecule has 1 aromatic carbocycles. The van der Waals surface area contributed by atoms with Gasteiger partial charge in [0.05, 0.1) is 20.3 Å². The number of rotatable bonds is 3. The molecule has 15 heavy (non-hydrogen) atoms. The summed E-state index contributed by atoms with van der Waals surface area (Å²) in [6.45, 7) is 0. The summed E-state index contributed by atoms with van der Waals surface area (Å²) in [5.74, 6) is 1.41. The van der Waals surface area contributed by atoms with Gasteiger partial charge in [0.25, 0.3) is 0 Å². The molecule has 0 fully saturated rings. The van der Waals surface area contributed by atoms with Gasteiger partial charge in [-0.3, -0.25) is 0 Å². The second kappa shape index (κ2) is 4.36. The third-order valence-electron chi connectivity index (χ3n) is 2.09. The van der Waals surface area contributed by atoms with Gasteiger partial charge in [-0.25, -0.2) is 0 Å². The van der Waals surface area contributed by atoms with Crippen LogP contribution in [0.2, 0.25) is 0 Å². The standard InChI is InChI=1S/C12H11O2S/c1-13-9-5-6-10(11(8-9)14-2)12-4-3-7-15-12/h3-7H,1-2H3. The van der Waals surface area contributed by atoms with Crippen molar-refractivity contribution < 1.29 is 9.47 Å². The van der Waals surface area contributed by atoms with Gasteiger partial charge in [-0.2, -0.15) is 0 Å². The topological polar surface area (TPSA) is 18.5 Å². The van der Waals surface area contributed by atoms with E-state index in [2.05, 4.69) is 12.1 Å². The van der Waals surface area contributed by atoms with Crippen LogP contribution in [-0.2, 0) is 0 Å². The zero-order valence-electron chi connectivity index (χ0n) is 8.61. The van der Waals surface area contributed by atoms with Gasteiger partial charge in [-0.15, -0.1) is 11.3 Å². The van der Waals surface area contributed by atoms with Crippen LogP contribution in [-0.4, -0.2) is 14.2 Å². The third-order valence-corrected chi connectivity index (χ3v) is 3.00. The summed E-state index contributed by atoms with van der Waals surface area (Å²) in [5.41, 5.74) is 1.05. The summed E-state index contributed by atoms with van der Waals surface area (Å²) >= 11 is 1.68. The Morgan fingerprint density at radius 3 is 2.60 bits per heavy atom. The van der Waals surface area contributed by atoms with E-state index in [4.69, 9.17) is 9.47 Å². The molecule has 1 radical (unpaired) electrons. The molecule has 1 aromatic heterocycles. The summed E-state index contributed by atoms with van der Waals surface area (Å²) < 4.78 is 10.4. The van der Waals surface area contributed by atoms with E-state index in [-0.39, 0.29) is 0 Å². The van der Waals surface area contributed by atoms with E-state index in [0.717, 1.165) is 11.3 Å². The van der Waals surface area contributed by atoms with Crippen LogP contribution in [0, 0.1) is 6.07 Å². The van der Waals surface area contributed by atoms with Gasteiger partial charge >= 0.3 is 0 Å². The van der Waals surface area contributed by atoms with E-state index in [9.17, 15) is 0 Å². The highest BCUT2D eigenvalue weighted by atomic mass is 32.1. The molecule has 0 spiro atoms. The van der Waals surface area contributed by atoms with E-state index >= 15 is 0 Å². The van der Waals surface area contributed by atoms with Gasteiger partial charge in [-0.05, 0) is 23.6 Å². The van der Waals surface area contributed by atoms with Crippen LogP contribution in [0.3, 0.4) is 0 Å². The zero-order valence-corrected chi connectivity index (χ0v) is 9.43. The molecule has 0 aliphatic heterocycles. The van der Waals surface area contributed by atoms with E-state index in [0.29, 0.717) is 5.75 Å². The molecule has 3 heteroatoms. The molecule has 0 saturated carbocycles. The monoisotopic (exact) mass is 219 g/mol. The minimum absolute atomic E-state index is 0.687. The van der Waals surface area contributed by atoms with E-state index in [1.165, 1.54) is 4.88 Å². The summed E-state index contributed by atoms with van der Waals surface area (Å²) in [4.78, 5) is 1.17. The molecular weight excluding hydrogens is 208 g/mol. The Balaban J connectivity index is 2.48. The molecular formula is C12H11O2S. The highest BCUT2D eigenvalue weighted by Gasteiger charge is 2.08. The van der Waals surface area contributed by atoms with Crippen molar-refractivity contribution in [3.8, 4) is 21.9 Å². The Morgan fingerprint density at radius 1 is 1.13 bits per heavy atom. The van der Waals surface area contributed by atoms with Crippen LogP contribution >= 0.6 is 11.3 Å². The fourth-order valence-corrected chi connectivity index (χ4v) is 2.11. The summed E-state index contributed by atoms with van der Waals surface area (Å²) in [7, 11) is 3.26. The van der Waals surface area contributed by atoms with Crippen molar-refractivity contribution in [1.82, 2.24) is 0 Å². The Hall–Kier alpha value is -1.48. The van der Waals surface area contributed by atoms with Crippen LogP contribution in [0.4, 0.5) is 0 Å². The van der Waals surface area contributed by atoms with Crippen molar-refractivity contribution in [2.75, 3.05) is 14.2 Å². The normalized spacial score (nSPS) is 10.0. The van der Waals surface area contributed by atoms with Crippen molar-refractivity contribution in [3.05, 3.63) is 35.7 Å². The Kier molecular flexibility index (Phi) is 2.92.